The number of hydrogen-bond acceptors (Lipinski definition) is 3. The van der Waals surface area contributed by atoms with Crippen molar-refractivity contribution in [3.63, 3.8) is 0 Å². The Bertz CT molecular complexity index is 457. The number of benzene rings is 1. The molecule has 0 aromatic heterocycles. The van der Waals surface area contributed by atoms with E-state index in [-0.39, 0.29) is 24.0 Å². The van der Waals surface area contributed by atoms with Crippen molar-refractivity contribution >= 4 is 29.9 Å². The molecular weight excluding hydrogens is 401 g/mol. The van der Waals surface area contributed by atoms with E-state index >= 15 is 0 Å². The van der Waals surface area contributed by atoms with Crippen molar-refractivity contribution in [3.8, 4) is 0 Å². The molecule has 1 heterocycles. The SMILES string of the molecule is CC(CN=C(N)NCCc1ccccc1)N1CCN(C)CC1.I. The fourth-order valence-corrected chi connectivity index (χ4v) is 2.64. The number of aliphatic imine (C=N–C) groups is 1. The van der Waals surface area contributed by atoms with E-state index in [0.717, 1.165) is 45.7 Å². The molecule has 0 aliphatic carbocycles. The number of nitrogens with two attached hydrogens (primary N) is 1. The molecule has 2 rings (SSSR count). The lowest BCUT2D eigenvalue weighted by Gasteiger charge is -2.35. The second kappa shape index (κ2) is 10.8. The summed E-state index contributed by atoms with van der Waals surface area (Å²) in [6.45, 7) is 8.32. The number of hydrogen-bond donors (Lipinski definition) is 2. The van der Waals surface area contributed by atoms with E-state index in [4.69, 9.17) is 5.73 Å². The van der Waals surface area contributed by atoms with E-state index in [9.17, 15) is 0 Å². The second-order valence-electron chi connectivity index (χ2n) is 6.08. The molecule has 1 aliphatic heterocycles. The standard InChI is InChI=1S/C17H29N5.HI/c1-15(22-12-10-21(2)11-13-22)14-20-17(18)19-9-8-16-6-4-3-5-7-16;/h3-7,15H,8-14H2,1-2H3,(H3,18,19,20);1H. The Labute approximate surface area is 157 Å². The summed E-state index contributed by atoms with van der Waals surface area (Å²) in [5, 5.41) is 3.20. The average molecular weight is 431 g/mol. The number of guanidine groups is 1. The van der Waals surface area contributed by atoms with E-state index in [1.165, 1.54) is 5.56 Å². The largest absolute Gasteiger partial charge is 0.370 e. The molecule has 5 nitrogen and oxygen atoms in total. The van der Waals surface area contributed by atoms with Crippen molar-refractivity contribution in [3.05, 3.63) is 35.9 Å². The maximum atomic E-state index is 5.95. The summed E-state index contributed by atoms with van der Waals surface area (Å²) in [5.74, 6) is 0.553. The zero-order valence-electron chi connectivity index (χ0n) is 14.2. The van der Waals surface area contributed by atoms with Gasteiger partial charge >= 0.3 is 0 Å². The summed E-state index contributed by atoms with van der Waals surface area (Å²) in [6.07, 6.45) is 0.963. The van der Waals surface area contributed by atoms with Gasteiger partial charge in [-0.3, -0.25) is 9.89 Å². The molecule has 0 bridgehead atoms. The highest BCUT2D eigenvalue weighted by atomic mass is 127. The molecular formula is C17H30IN5. The highest BCUT2D eigenvalue weighted by molar-refractivity contribution is 14.0. The Balaban J connectivity index is 0.00000264. The first-order chi connectivity index (χ1) is 10.6. The zero-order valence-corrected chi connectivity index (χ0v) is 16.6. The van der Waals surface area contributed by atoms with Crippen LogP contribution in [-0.4, -0.2) is 68.1 Å². The van der Waals surface area contributed by atoms with E-state index in [1.807, 2.05) is 6.07 Å². The summed E-state index contributed by atoms with van der Waals surface area (Å²) in [4.78, 5) is 9.33. The van der Waals surface area contributed by atoms with Gasteiger partial charge in [-0.1, -0.05) is 30.3 Å². The van der Waals surface area contributed by atoms with Crippen LogP contribution in [0.1, 0.15) is 12.5 Å². The lowest BCUT2D eigenvalue weighted by molar-refractivity contribution is 0.122. The van der Waals surface area contributed by atoms with E-state index in [2.05, 4.69) is 58.3 Å². The predicted octanol–water partition coefficient (Wildman–Crippen LogP) is 1.39. The number of piperazine rings is 1. The summed E-state index contributed by atoms with van der Waals surface area (Å²) in [6, 6.07) is 10.9. The Morgan fingerprint density at radius 1 is 1.22 bits per heavy atom. The van der Waals surface area contributed by atoms with Crippen LogP contribution in [0.25, 0.3) is 0 Å². The Morgan fingerprint density at radius 3 is 2.52 bits per heavy atom. The van der Waals surface area contributed by atoms with Gasteiger partial charge in [0.2, 0.25) is 0 Å². The molecule has 1 aliphatic rings. The molecule has 1 unspecified atom stereocenters. The molecule has 1 aromatic rings. The predicted molar refractivity (Wildman–Crippen MR) is 109 cm³/mol. The minimum Gasteiger partial charge on any atom is -0.370 e. The van der Waals surface area contributed by atoms with Gasteiger partial charge < -0.3 is 16.0 Å². The van der Waals surface area contributed by atoms with Gasteiger partial charge in [0.1, 0.15) is 0 Å². The number of nitrogens with zero attached hydrogens (tertiary/aromatic N) is 3. The van der Waals surface area contributed by atoms with Crippen molar-refractivity contribution in [2.24, 2.45) is 10.7 Å². The summed E-state index contributed by atoms with van der Waals surface area (Å²) in [7, 11) is 2.18. The molecule has 0 radical (unpaired) electrons. The molecule has 1 aromatic carbocycles. The Kier molecular flexibility index (Phi) is 9.50. The third kappa shape index (κ3) is 7.50. The molecule has 1 atom stereocenters. The Hall–Kier alpha value is -0.860. The summed E-state index contributed by atoms with van der Waals surface area (Å²) in [5.41, 5.74) is 7.26. The van der Waals surface area contributed by atoms with Crippen LogP contribution in [0.15, 0.2) is 35.3 Å². The van der Waals surface area contributed by atoms with Crippen LogP contribution in [0.3, 0.4) is 0 Å². The molecule has 0 saturated carbocycles. The number of nitrogens with one attached hydrogen (secondary N) is 1. The first kappa shape index (κ1) is 20.2. The van der Waals surface area contributed by atoms with E-state index in [1.54, 1.807) is 0 Å². The maximum absolute atomic E-state index is 5.95. The van der Waals surface area contributed by atoms with Crippen LogP contribution in [-0.2, 0) is 6.42 Å². The van der Waals surface area contributed by atoms with Crippen LogP contribution in [0.4, 0.5) is 0 Å². The molecule has 130 valence electrons. The molecule has 0 amide bonds. The van der Waals surface area contributed by atoms with Crippen LogP contribution >= 0.6 is 24.0 Å². The fourth-order valence-electron chi connectivity index (χ4n) is 2.64. The van der Waals surface area contributed by atoms with Crippen LogP contribution in [0.2, 0.25) is 0 Å². The minimum absolute atomic E-state index is 0. The van der Waals surface area contributed by atoms with Gasteiger partial charge in [-0.15, -0.1) is 24.0 Å². The molecule has 1 saturated heterocycles. The minimum atomic E-state index is 0. The van der Waals surface area contributed by atoms with Gasteiger partial charge in [-0.2, -0.15) is 0 Å². The van der Waals surface area contributed by atoms with Crippen molar-refractivity contribution < 1.29 is 0 Å². The van der Waals surface area contributed by atoms with Crippen molar-refractivity contribution in [1.29, 1.82) is 0 Å². The Morgan fingerprint density at radius 2 is 1.87 bits per heavy atom. The maximum Gasteiger partial charge on any atom is 0.188 e. The number of halogens is 1. The third-order valence-electron chi connectivity index (χ3n) is 4.25. The highest BCUT2D eigenvalue weighted by Crippen LogP contribution is 2.05. The van der Waals surface area contributed by atoms with Crippen molar-refractivity contribution in [2.45, 2.75) is 19.4 Å². The highest BCUT2D eigenvalue weighted by Gasteiger charge is 2.18. The second-order valence-corrected chi connectivity index (χ2v) is 6.08. The first-order valence-corrected chi connectivity index (χ1v) is 8.15. The first-order valence-electron chi connectivity index (χ1n) is 8.15. The van der Waals surface area contributed by atoms with E-state index in [0.29, 0.717) is 12.0 Å². The normalized spacial score (nSPS) is 18.3. The third-order valence-corrected chi connectivity index (χ3v) is 4.25. The van der Waals surface area contributed by atoms with Gasteiger partial charge in [0.15, 0.2) is 5.96 Å². The van der Waals surface area contributed by atoms with E-state index < -0.39 is 0 Å². The monoisotopic (exact) mass is 431 g/mol. The number of likely N-dealkylation sites (N-methyl/N-ethyl adjacent to an activating group) is 1. The number of rotatable bonds is 6. The summed E-state index contributed by atoms with van der Waals surface area (Å²) < 4.78 is 0. The summed E-state index contributed by atoms with van der Waals surface area (Å²) >= 11 is 0. The smallest absolute Gasteiger partial charge is 0.188 e. The van der Waals surface area contributed by atoms with Crippen molar-refractivity contribution in [2.75, 3.05) is 46.3 Å². The lowest BCUT2D eigenvalue weighted by Crippen LogP contribution is -2.49. The zero-order chi connectivity index (χ0) is 15.8. The van der Waals surface area contributed by atoms with Crippen LogP contribution in [0, 0.1) is 0 Å². The van der Waals surface area contributed by atoms with Gasteiger partial charge in [0.05, 0.1) is 6.54 Å². The van der Waals surface area contributed by atoms with Gasteiger partial charge in [0.25, 0.3) is 0 Å². The van der Waals surface area contributed by atoms with Gasteiger partial charge in [0, 0.05) is 38.8 Å². The molecule has 1 fully saturated rings. The molecule has 23 heavy (non-hydrogen) atoms. The molecule has 0 spiro atoms. The topological polar surface area (TPSA) is 56.9 Å². The van der Waals surface area contributed by atoms with Gasteiger partial charge in [-0.05, 0) is 26.0 Å². The van der Waals surface area contributed by atoms with Crippen LogP contribution < -0.4 is 11.1 Å². The fraction of sp³-hybridized carbons (Fsp3) is 0.588. The van der Waals surface area contributed by atoms with Gasteiger partial charge in [-0.25, -0.2) is 0 Å². The molecule has 3 N–H and O–H groups in total. The van der Waals surface area contributed by atoms with Crippen LogP contribution in [0.5, 0.6) is 0 Å². The lowest BCUT2D eigenvalue weighted by atomic mass is 10.1. The quantitative estimate of drug-likeness (QED) is 0.406. The molecule has 6 heteroatoms. The van der Waals surface area contributed by atoms with Crippen molar-refractivity contribution in [1.82, 2.24) is 15.1 Å². The average Bonchev–Trinajstić information content (AvgIpc) is 2.54.